The molecular formula is C5H11O2. The van der Waals surface area contributed by atoms with Gasteiger partial charge < -0.3 is 4.74 Å². The van der Waals surface area contributed by atoms with Crippen LogP contribution in [0, 0.1) is 0 Å². The van der Waals surface area contributed by atoms with Crippen LogP contribution in [0.3, 0.4) is 0 Å². The van der Waals surface area contributed by atoms with Gasteiger partial charge >= 0.3 is 0 Å². The SMILES string of the molecule is CCOCCC[O]. The normalized spacial score (nSPS) is 9.43. The predicted octanol–water partition coefficient (Wildman–Crippen LogP) is 0.844. The topological polar surface area (TPSA) is 29.1 Å². The number of hydrogen-bond donors (Lipinski definition) is 0. The first-order chi connectivity index (χ1) is 3.41. The third-order valence-corrected chi connectivity index (χ3v) is 0.637. The van der Waals surface area contributed by atoms with Gasteiger partial charge in [-0.05, 0) is 13.3 Å². The monoisotopic (exact) mass is 103 g/mol. The van der Waals surface area contributed by atoms with Crippen molar-refractivity contribution in [3.05, 3.63) is 0 Å². The van der Waals surface area contributed by atoms with E-state index in [1.54, 1.807) is 0 Å². The Morgan fingerprint density at radius 1 is 1.57 bits per heavy atom. The summed E-state index contributed by atoms with van der Waals surface area (Å²) in [4.78, 5) is 0. The van der Waals surface area contributed by atoms with Crippen molar-refractivity contribution in [1.29, 1.82) is 0 Å². The minimum atomic E-state index is -0.0139. The molecule has 0 bridgehead atoms. The molecule has 1 radical (unpaired) electrons. The molecule has 0 saturated carbocycles. The fourth-order valence-corrected chi connectivity index (χ4v) is 0.305. The zero-order valence-electron chi connectivity index (χ0n) is 4.64. The van der Waals surface area contributed by atoms with Crippen molar-refractivity contribution < 1.29 is 9.84 Å². The van der Waals surface area contributed by atoms with E-state index in [1.165, 1.54) is 0 Å². The van der Waals surface area contributed by atoms with E-state index in [4.69, 9.17) is 4.74 Å². The van der Waals surface area contributed by atoms with Crippen LogP contribution in [0.2, 0.25) is 0 Å². The van der Waals surface area contributed by atoms with Crippen molar-refractivity contribution in [3.63, 3.8) is 0 Å². The summed E-state index contributed by atoms with van der Waals surface area (Å²) in [5.41, 5.74) is 0. The molecule has 43 valence electrons. The van der Waals surface area contributed by atoms with Crippen LogP contribution >= 0.6 is 0 Å². The van der Waals surface area contributed by atoms with E-state index in [9.17, 15) is 5.11 Å². The molecule has 0 aliphatic rings. The molecule has 0 fully saturated rings. The number of rotatable bonds is 4. The number of hydrogen-bond acceptors (Lipinski definition) is 1. The summed E-state index contributed by atoms with van der Waals surface area (Å²) in [6.07, 6.45) is 0.647. The Morgan fingerprint density at radius 3 is 2.71 bits per heavy atom. The second kappa shape index (κ2) is 5.92. The van der Waals surface area contributed by atoms with Crippen LogP contribution in [-0.4, -0.2) is 19.8 Å². The lowest BCUT2D eigenvalue weighted by atomic mass is 10.5. The van der Waals surface area contributed by atoms with E-state index in [0.717, 1.165) is 6.61 Å². The zero-order chi connectivity index (χ0) is 5.54. The lowest BCUT2D eigenvalue weighted by molar-refractivity contribution is 0.107. The molecule has 0 spiro atoms. The summed E-state index contributed by atoms with van der Waals surface area (Å²) in [6, 6.07) is 0. The van der Waals surface area contributed by atoms with Crippen molar-refractivity contribution in [1.82, 2.24) is 0 Å². The summed E-state index contributed by atoms with van der Waals surface area (Å²) < 4.78 is 4.87. The van der Waals surface area contributed by atoms with Crippen molar-refractivity contribution in [2.24, 2.45) is 0 Å². The van der Waals surface area contributed by atoms with Gasteiger partial charge in [-0.3, -0.25) is 0 Å². The summed E-state index contributed by atoms with van der Waals surface area (Å²) in [5.74, 6) is 0. The minimum absolute atomic E-state index is 0.0139. The van der Waals surface area contributed by atoms with Gasteiger partial charge in [-0.1, -0.05) is 0 Å². The molecule has 0 unspecified atom stereocenters. The van der Waals surface area contributed by atoms with E-state index in [-0.39, 0.29) is 6.61 Å². The first kappa shape index (κ1) is 6.92. The van der Waals surface area contributed by atoms with E-state index in [0.29, 0.717) is 13.0 Å². The maximum atomic E-state index is 9.72. The molecule has 0 aliphatic carbocycles. The smallest absolute Gasteiger partial charge is 0.0844 e. The molecule has 2 nitrogen and oxygen atoms in total. The Hall–Kier alpha value is -0.0800. The summed E-state index contributed by atoms with van der Waals surface area (Å²) in [7, 11) is 0. The van der Waals surface area contributed by atoms with Crippen molar-refractivity contribution >= 4 is 0 Å². The van der Waals surface area contributed by atoms with Crippen LogP contribution in [0.1, 0.15) is 13.3 Å². The third kappa shape index (κ3) is 5.92. The molecule has 0 heterocycles. The molecule has 7 heavy (non-hydrogen) atoms. The first-order valence-corrected chi connectivity index (χ1v) is 2.57. The fourth-order valence-electron chi connectivity index (χ4n) is 0.305. The van der Waals surface area contributed by atoms with Gasteiger partial charge in [0.25, 0.3) is 0 Å². The minimum Gasteiger partial charge on any atom is -0.382 e. The highest BCUT2D eigenvalue weighted by atomic mass is 16.5. The van der Waals surface area contributed by atoms with Gasteiger partial charge in [-0.2, -0.15) is 0 Å². The van der Waals surface area contributed by atoms with E-state index in [2.05, 4.69) is 0 Å². The second-order valence-corrected chi connectivity index (χ2v) is 1.25. The van der Waals surface area contributed by atoms with Crippen LogP contribution in [0.15, 0.2) is 0 Å². The molecule has 0 aromatic carbocycles. The van der Waals surface area contributed by atoms with Gasteiger partial charge in [0.15, 0.2) is 0 Å². The predicted molar refractivity (Wildman–Crippen MR) is 26.7 cm³/mol. The molecular weight excluding hydrogens is 92.1 g/mol. The Balaban J connectivity index is 2.45. The molecule has 0 aromatic heterocycles. The van der Waals surface area contributed by atoms with Gasteiger partial charge in [0.2, 0.25) is 0 Å². The molecule has 0 amide bonds. The molecule has 0 atom stereocenters. The first-order valence-electron chi connectivity index (χ1n) is 2.57. The zero-order valence-corrected chi connectivity index (χ0v) is 4.64. The molecule has 0 N–H and O–H groups in total. The van der Waals surface area contributed by atoms with Gasteiger partial charge in [-0.15, -0.1) is 0 Å². The largest absolute Gasteiger partial charge is 0.382 e. The van der Waals surface area contributed by atoms with Crippen LogP contribution in [0.5, 0.6) is 0 Å². The fraction of sp³-hybridized carbons (Fsp3) is 1.00. The average Bonchev–Trinajstić information content (AvgIpc) is 1.69. The number of ether oxygens (including phenoxy) is 1. The lowest BCUT2D eigenvalue weighted by Crippen LogP contribution is -1.94. The Kier molecular flexibility index (Phi) is 5.85. The summed E-state index contributed by atoms with van der Waals surface area (Å²) in [6.45, 7) is 3.25. The average molecular weight is 103 g/mol. The third-order valence-electron chi connectivity index (χ3n) is 0.637. The maximum Gasteiger partial charge on any atom is 0.0844 e. The van der Waals surface area contributed by atoms with Gasteiger partial charge in [-0.25, -0.2) is 5.11 Å². The Morgan fingerprint density at radius 2 is 2.29 bits per heavy atom. The van der Waals surface area contributed by atoms with Crippen molar-refractivity contribution in [3.8, 4) is 0 Å². The quantitative estimate of drug-likeness (QED) is 0.485. The van der Waals surface area contributed by atoms with Gasteiger partial charge in [0, 0.05) is 13.2 Å². The standard InChI is InChI=1S/C5H11O2/c1-2-7-5-3-4-6/h2-5H2,1H3. The van der Waals surface area contributed by atoms with Crippen molar-refractivity contribution in [2.75, 3.05) is 19.8 Å². The van der Waals surface area contributed by atoms with Gasteiger partial charge in [0.05, 0.1) is 6.61 Å². The molecule has 0 rings (SSSR count). The second-order valence-electron chi connectivity index (χ2n) is 1.25. The highest BCUT2D eigenvalue weighted by molar-refractivity contribution is 4.27. The van der Waals surface area contributed by atoms with E-state index >= 15 is 0 Å². The molecule has 2 heteroatoms. The van der Waals surface area contributed by atoms with Crippen LogP contribution in [-0.2, 0) is 9.84 Å². The van der Waals surface area contributed by atoms with Crippen LogP contribution in [0.25, 0.3) is 0 Å². The molecule has 0 aromatic rings. The van der Waals surface area contributed by atoms with Crippen LogP contribution in [0.4, 0.5) is 0 Å². The molecule has 0 saturated heterocycles. The Bertz CT molecular complexity index is 25.3. The lowest BCUT2D eigenvalue weighted by Gasteiger charge is -1.93. The van der Waals surface area contributed by atoms with Crippen molar-refractivity contribution in [2.45, 2.75) is 13.3 Å². The highest BCUT2D eigenvalue weighted by Gasteiger charge is 1.80. The van der Waals surface area contributed by atoms with Gasteiger partial charge in [0.1, 0.15) is 0 Å². The van der Waals surface area contributed by atoms with E-state index in [1.807, 2.05) is 6.92 Å². The Labute approximate surface area is 44.1 Å². The summed E-state index contributed by atoms with van der Waals surface area (Å²) >= 11 is 0. The highest BCUT2D eigenvalue weighted by Crippen LogP contribution is 1.77. The molecule has 0 aliphatic heterocycles. The van der Waals surface area contributed by atoms with Crippen LogP contribution < -0.4 is 0 Å². The maximum absolute atomic E-state index is 9.72. The van der Waals surface area contributed by atoms with E-state index < -0.39 is 0 Å². The summed E-state index contributed by atoms with van der Waals surface area (Å²) in [5, 5.41) is 9.72.